The zero-order valence-electron chi connectivity index (χ0n) is 8.57. The summed E-state index contributed by atoms with van der Waals surface area (Å²) in [5.41, 5.74) is 0.957. The minimum atomic E-state index is -0.674. The second-order valence-electron chi connectivity index (χ2n) is 4.49. The first-order chi connectivity index (χ1) is 7.63. The summed E-state index contributed by atoms with van der Waals surface area (Å²) < 4.78 is 6.72. The highest BCUT2D eigenvalue weighted by atomic mass is 127. The van der Waals surface area contributed by atoms with Crippen molar-refractivity contribution < 1.29 is 14.6 Å². The summed E-state index contributed by atoms with van der Waals surface area (Å²) in [5, 5.41) is 9.12. The second kappa shape index (κ2) is 3.35. The smallest absolute Gasteiger partial charge is 0.307 e. The number of carboxylic acid groups (broad SMARTS) is 1. The number of hydrogen-bond acceptors (Lipinski definition) is 2. The van der Waals surface area contributed by atoms with E-state index in [4.69, 9.17) is 9.84 Å². The molecule has 84 valence electrons. The van der Waals surface area contributed by atoms with Crippen LogP contribution in [-0.2, 0) is 10.2 Å². The molecule has 3 nitrogen and oxygen atoms in total. The third kappa shape index (κ3) is 1.35. The van der Waals surface area contributed by atoms with E-state index in [1.165, 1.54) is 0 Å². The Kier molecular flexibility index (Phi) is 2.18. The summed E-state index contributed by atoms with van der Waals surface area (Å²) >= 11 is 2.25. The predicted molar refractivity (Wildman–Crippen MR) is 66.7 cm³/mol. The van der Waals surface area contributed by atoms with Crippen molar-refractivity contribution in [2.75, 3.05) is 6.61 Å². The van der Waals surface area contributed by atoms with E-state index in [-0.39, 0.29) is 11.3 Å². The summed E-state index contributed by atoms with van der Waals surface area (Å²) in [5.74, 6) is -0.0181. The summed E-state index contributed by atoms with van der Waals surface area (Å²) in [4.78, 5) is 11.1. The van der Waals surface area contributed by atoms with Gasteiger partial charge in [-0.1, -0.05) is 0 Å². The van der Waals surface area contributed by atoms with Gasteiger partial charge in [0.2, 0.25) is 0 Å². The van der Waals surface area contributed by atoms with Gasteiger partial charge in [-0.3, -0.25) is 4.79 Å². The van der Waals surface area contributed by atoms with Crippen LogP contribution in [0.15, 0.2) is 18.2 Å². The van der Waals surface area contributed by atoms with Gasteiger partial charge in [0.05, 0.1) is 12.5 Å². The monoisotopic (exact) mass is 330 g/mol. The van der Waals surface area contributed by atoms with Crippen LogP contribution in [0.2, 0.25) is 0 Å². The lowest BCUT2D eigenvalue weighted by atomic mass is 9.87. The van der Waals surface area contributed by atoms with E-state index in [1.807, 2.05) is 12.1 Å². The van der Waals surface area contributed by atoms with Crippen LogP contribution in [0.5, 0.6) is 5.75 Å². The molecular weight excluding hydrogens is 319 g/mol. The first kappa shape index (κ1) is 10.4. The van der Waals surface area contributed by atoms with Crippen molar-refractivity contribution in [2.45, 2.75) is 18.3 Å². The molecule has 1 saturated carbocycles. The van der Waals surface area contributed by atoms with Crippen LogP contribution in [0, 0.1) is 9.49 Å². The number of halogens is 1. The molecule has 1 unspecified atom stereocenters. The molecule has 1 heterocycles. The van der Waals surface area contributed by atoms with Crippen LogP contribution in [-0.4, -0.2) is 17.7 Å². The minimum Gasteiger partial charge on any atom is -0.493 e. The molecule has 1 aromatic carbocycles. The average Bonchev–Trinajstić information content (AvgIpc) is 2.96. The van der Waals surface area contributed by atoms with Crippen molar-refractivity contribution in [3.8, 4) is 5.75 Å². The standard InChI is InChI=1S/C12H11IO3/c13-7-1-2-10-8(5-7)12(3-4-16-10)6-9(12)11(14)15/h1-2,5,9H,3-4,6H2,(H,14,15)/t9?,12-/m0/s1. The van der Waals surface area contributed by atoms with Crippen LogP contribution in [0.25, 0.3) is 0 Å². The SMILES string of the molecule is O=C(O)C1C[C@]12CCOc1ccc(I)cc12. The van der Waals surface area contributed by atoms with Gasteiger partial charge in [0, 0.05) is 14.5 Å². The van der Waals surface area contributed by atoms with E-state index < -0.39 is 5.97 Å². The molecule has 1 spiro atoms. The Morgan fingerprint density at radius 2 is 2.38 bits per heavy atom. The number of ether oxygens (including phenoxy) is 1. The summed E-state index contributed by atoms with van der Waals surface area (Å²) in [6, 6.07) is 6.02. The van der Waals surface area contributed by atoms with Crippen molar-refractivity contribution >= 4 is 28.6 Å². The summed E-state index contributed by atoms with van der Waals surface area (Å²) in [7, 11) is 0. The fourth-order valence-corrected chi connectivity index (χ4v) is 3.19. The van der Waals surface area contributed by atoms with Crippen molar-refractivity contribution in [3.05, 3.63) is 27.3 Å². The van der Waals surface area contributed by atoms with E-state index in [0.717, 1.165) is 27.7 Å². The van der Waals surface area contributed by atoms with Gasteiger partial charge in [-0.25, -0.2) is 0 Å². The molecule has 16 heavy (non-hydrogen) atoms. The number of aliphatic carboxylic acids is 1. The topological polar surface area (TPSA) is 46.5 Å². The maximum Gasteiger partial charge on any atom is 0.307 e. The van der Waals surface area contributed by atoms with E-state index in [1.54, 1.807) is 0 Å². The number of rotatable bonds is 1. The Balaban J connectivity index is 2.07. The Bertz CT molecular complexity index is 471. The van der Waals surface area contributed by atoms with Crippen LogP contribution in [0.4, 0.5) is 0 Å². The highest BCUT2D eigenvalue weighted by Crippen LogP contribution is 2.60. The second-order valence-corrected chi connectivity index (χ2v) is 5.74. The van der Waals surface area contributed by atoms with Gasteiger partial charge in [0.1, 0.15) is 5.75 Å². The molecule has 0 bridgehead atoms. The fourth-order valence-electron chi connectivity index (χ4n) is 2.70. The molecule has 1 aromatic rings. The lowest BCUT2D eigenvalue weighted by Gasteiger charge is -2.26. The molecular formula is C12H11IO3. The Morgan fingerprint density at radius 3 is 3.06 bits per heavy atom. The molecule has 1 aliphatic carbocycles. The van der Waals surface area contributed by atoms with Gasteiger partial charge in [-0.05, 0) is 53.6 Å². The lowest BCUT2D eigenvalue weighted by Crippen LogP contribution is -2.24. The van der Waals surface area contributed by atoms with E-state index in [9.17, 15) is 4.79 Å². The van der Waals surface area contributed by atoms with E-state index in [0.29, 0.717) is 6.61 Å². The summed E-state index contributed by atoms with van der Waals surface area (Å²) in [6.45, 7) is 0.636. The Labute approximate surface area is 107 Å². The Morgan fingerprint density at radius 1 is 1.56 bits per heavy atom. The molecule has 1 fully saturated rings. The average molecular weight is 330 g/mol. The van der Waals surface area contributed by atoms with Gasteiger partial charge in [-0.15, -0.1) is 0 Å². The third-order valence-electron chi connectivity index (χ3n) is 3.66. The van der Waals surface area contributed by atoms with Gasteiger partial charge >= 0.3 is 5.97 Å². The zero-order valence-corrected chi connectivity index (χ0v) is 10.7. The predicted octanol–water partition coefficient (Wildman–Crippen LogP) is 2.42. The zero-order chi connectivity index (χ0) is 11.3. The number of fused-ring (bicyclic) bond motifs is 2. The van der Waals surface area contributed by atoms with Gasteiger partial charge in [0.25, 0.3) is 0 Å². The third-order valence-corrected chi connectivity index (χ3v) is 4.33. The van der Waals surface area contributed by atoms with E-state index in [2.05, 4.69) is 28.7 Å². The molecule has 1 aliphatic heterocycles. The normalized spacial score (nSPS) is 30.7. The Hall–Kier alpha value is -0.780. The first-order valence-corrected chi connectivity index (χ1v) is 6.37. The first-order valence-electron chi connectivity index (χ1n) is 5.29. The maximum absolute atomic E-state index is 11.1. The van der Waals surface area contributed by atoms with Crippen molar-refractivity contribution in [1.29, 1.82) is 0 Å². The maximum atomic E-state index is 11.1. The molecule has 0 radical (unpaired) electrons. The lowest BCUT2D eigenvalue weighted by molar-refractivity contribution is -0.139. The molecule has 0 amide bonds. The highest BCUT2D eigenvalue weighted by molar-refractivity contribution is 14.1. The number of carboxylic acids is 1. The molecule has 4 heteroatoms. The highest BCUT2D eigenvalue weighted by Gasteiger charge is 2.61. The molecule has 2 atom stereocenters. The van der Waals surface area contributed by atoms with Crippen LogP contribution in [0.3, 0.4) is 0 Å². The van der Waals surface area contributed by atoms with Crippen LogP contribution in [0.1, 0.15) is 18.4 Å². The number of hydrogen-bond donors (Lipinski definition) is 1. The number of carbonyl (C=O) groups is 1. The summed E-state index contributed by atoms with van der Waals surface area (Å²) in [6.07, 6.45) is 1.59. The van der Waals surface area contributed by atoms with Crippen LogP contribution >= 0.6 is 22.6 Å². The van der Waals surface area contributed by atoms with E-state index >= 15 is 0 Å². The molecule has 3 rings (SSSR count). The van der Waals surface area contributed by atoms with Crippen LogP contribution < -0.4 is 4.74 Å². The molecule has 0 aromatic heterocycles. The fraction of sp³-hybridized carbons (Fsp3) is 0.417. The number of benzene rings is 1. The van der Waals surface area contributed by atoms with Gasteiger partial charge in [0.15, 0.2) is 0 Å². The quantitative estimate of drug-likeness (QED) is 0.805. The minimum absolute atomic E-state index is 0.138. The van der Waals surface area contributed by atoms with Gasteiger partial charge < -0.3 is 9.84 Å². The van der Waals surface area contributed by atoms with Crippen molar-refractivity contribution in [2.24, 2.45) is 5.92 Å². The van der Waals surface area contributed by atoms with Crippen molar-refractivity contribution in [1.82, 2.24) is 0 Å². The molecule has 0 saturated heterocycles. The molecule has 2 aliphatic rings. The molecule has 1 N–H and O–H groups in total. The van der Waals surface area contributed by atoms with Gasteiger partial charge in [-0.2, -0.15) is 0 Å². The van der Waals surface area contributed by atoms with Crippen molar-refractivity contribution in [3.63, 3.8) is 0 Å². The largest absolute Gasteiger partial charge is 0.493 e.